The summed E-state index contributed by atoms with van der Waals surface area (Å²) >= 11 is 0. The van der Waals surface area contributed by atoms with Gasteiger partial charge in [-0.2, -0.15) is 0 Å². The van der Waals surface area contributed by atoms with Crippen LogP contribution in [0.3, 0.4) is 0 Å². The summed E-state index contributed by atoms with van der Waals surface area (Å²) in [6, 6.07) is 12.5. The number of halogens is 1. The number of rotatable bonds is 7. The minimum Gasteiger partial charge on any atom is -0.497 e. The Morgan fingerprint density at radius 2 is 1.76 bits per heavy atom. The Balaban J connectivity index is 0.00000300. The molecule has 2 aromatic carbocycles. The van der Waals surface area contributed by atoms with E-state index < -0.39 is 6.04 Å². The number of nitrogens with one attached hydrogen (secondary N) is 3. The summed E-state index contributed by atoms with van der Waals surface area (Å²) in [5.41, 5.74) is 4.13. The highest BCUT2D eigenvalue weighted by Gasteiger charge is 2.24. The molecule has 2 aromatic rings. The van der Waals surface area contributed by atoms with Crippen molar-refractivity contribution in [2.45, 2.75) is 39.5 Å². The van der Waals surface area contributed by atoms with Gasteiger partial charge in [-0.25, -0.2) is 0 Å². The number of carbonyl (C=O) groups is 2. The third kappa shape index (κ3) is 5.71. The van der Waals surface area contributed by atoms with Crippen LogP contribution in [0.15, 0.2) is 42.5 Å². The van der Waals surface area contributed by atoms with Crippen LogP contribution in [0.2, 0.25) is 0 Å². The molecule has 1 aliphatic heterocycles. The van der Waals surface area contributed by atoms with Gasteiger partial charge in [-0.05, 0) is 46.9 Å². The van der Waals surface area contributed by atoms with E-state index in [1.54, 1.807) is 31.4 Å². The number of fused-ring (bicyclic) bond motifs is 1. The molecule has 0 fully saturated rings. The fraction of sp³-hybridized carbons (Fsp3) is 0.364. The molecule has 156 valence electrons. The molecule has 0 saturated carbocycles. The van der Waals surface area contributed by atoms with Gasteiger partial charge in [0.1, 0.15) is 11.8 Å². The van der Waals surface area contributed by atoms with Gasteiger partial charge < -0.3 is 20.7 Å². The zero-order chi connectivity index (χ0) is 20.1. The van der Waals surface area contributed by atoms with E-state index in [0.29, 0.717) is 17.9 Å². The van der Waals surface area contributed by atoms with E-state index in [0.717, 1.165) is 18.7 Å². The first-order chi connectivity index (χ1) is 13.5. The number of benzene rings is 2. The number of amides is 2. The van der Waals surface area contributed by atoms with Gasteiger partial charge in [0.2, 0.25) is 5.91 Å². The molecule has 29 heavy (non-hydrogen) atoms. The molecule has 1 heterocycles. The van der Waals surface area contributed by atoms with Crippen molar-refractivity contribution in [1.29, 1.82) is 0 Å². The van der Waals surface area contributed by atoms with Gasteiger partial charge in [-0.15, -0.1) is 12.4 Å². The van der Waals surface area contributed by atoms with Gasteiger partial charge in [-0.3, -0.25) is 9.59 Å². The van der Waals surface area contributed by atoms with Crippen LogP contribution in [0.1, 0.15) is 40.9 Å². The van der Waals surface area contributed by atoms with Gasteiger partial charge in [0.25, 0.3) is 5.91 Å². The second-order valence-electron chi connectivity index (χ2n) is 7.35. The number of hydrogen-bond acceptors (Lipinski definition) is 4. The molecule has 0 spiro atoms. The molecule has 2 amide bonds. The Morgan fingerprint density at radius 3 is 2.41 bits per heavy atom. The van der Waals surface area contributed by atoms with E-state index in [4.69, 9.17) is 4.74 Å². The Bertz CT molecular complexity index is 853. The van der Waals surface area contributed by atoms with Crippen molar-refractivity contribution in [3.63, 3.8) is 0 Å². The molecule has 3 N–H and O–H groups in total. The number of methoxy groups -OCH3 is 1. The molecule has 1 atom stereocenters. The van der Waals surface area contributed by atoms with E-state index in [-0.39, 0.29) is 30.1 Å². The molecule has 7 heteroatoms. The van der Waals surface area contributed by atoms with Crippen molar-refractivity contribution >= 4 is 24.2 Å². The predicted molar refractivity (Wildman–Crippen MR) is 115 cm³/mol. The summed E-state index contributed by atoms with van der Waals surface area (Å²) in [7, 11) is 1.58. The van der Waals surface area contributed by atoms with E-state index in [9.17, 15) is 9.59 Å². The monoisotopic (exact) mass is 417 g/mol. The minimum atomic E-state index is -0.606. The van der Waals surface area contributed by atoms with E-state index in [2.05, 4.69) is 28.1 Å². The van der Waals surface area contributed by atoms with Crippen molar-refractivity contribution in [2.75, 3.05) is 7.11 Å². The van der Waals surface area contributed by atoms with Gasteiger partial charge in [0.05, 0.1) is 7.11 Å². The highest BCUT2D eigenvalue weighted by Crippen LogP contribution is 2.17. The normalized spacial score (nSPS) is 13.2. The second-order valence-corrected chi connectivity index (χ2v) is 7.35. The van der Waals surface area contributed by atoms with Crippen molar-refractivity contribution in [3.05, 3.63) is 64.7 Å². The van der Waals surface area contributed by atoms with Gasteiger partial charge in [-0.1, -0.05) is 32.0 Å². The highest BCUT2D eigenvalue weighted by molar-refractivity contribution is 5.97. The predicted octanol–water partition coefficient (Wildman–Crippen LogP) is 2.79. The van der Waals surface area contributed by atoms with Crippen molar-refractivity contribution in [1.82, 2.24) is 16.0 Å². The fourth-order valence-corrected chi connectivity index (χ4v) is 3.26. The maximum absolute atomic E-state index is 12.7. The summed E-state index contributed by atoms with van der Waals surface area (Å²) in [4.78, 5) is 25.2. The van der Waals surface area contributed by atoms with Crippen LogP contribution in [-0.2, 0) is 24.4 Å². The molecular weight excluding hydrogens is 390 g/mol. The van der Waals surface area contributed by atoms with Crippen molar-refractivity contribution < 1.29 is 14.3 Å². The third-order valence-electron chi connectivity index (χ3n) is 4.96. The molecule has 0 bridgehead atoms. The summed E-state index contributed by atoms with van der Waals surface area (Å²) < 4.78 is 5.11. The Labute approximate surface area is 177 Å². The lowest BCUT2D eigenvalue weighted by Crippen LogP contribution is -2.49. The van der Waals surface area contributed by atoms with Gasteiger partial charge >= 0.3 is 0 Å². The lowest BCUT2D eigenvalue weighted by Gasteiger charge is -2.22. The average Bonchev–Trinajstić information content (AvgIpc) is 3.17. The van der Waals surface area contributed by atoms with Crippen LogP contribution in [0.5, 0.6) is 5.75 Å². The van der Waals surface area contributed by atoms with Crippen LogP contribution in [0, 0.1) is 5.92 Å². The summed E-state index contributed by atoms with van der Waals surface area (Å²) in [5.74, 6) is 0.182. The van der Waals surface area contributed by atoms with Crippen LogP contribution < -0.4 is 20.7 Å². The van der Waals surface area contributed by atoms with Crippen LogP contribution in [0.25, 0.3) is 0 Å². The SMILES string of the molecule is COc1ccc(C(=O)NC(C(=O)NCc2ccc3c(c2)CNC3)C(C)C)cc1.Cl. The summed E-state index contributed by atoms with van der Waals surface area (Å²) in [6.07, 6.45) is 0. The van der Waals surface area contributed by atoms with Crippen LogP contribution in [0.4, 0.5) is 0 Å². The molecule has 0 radical (unpaired) electrons. The Hall–Kier alpha value is -2.57. The Morgan fingerprint density at radius 1 is 1.07 bits per heavy atom. The molecule has 0 saturated heterocycles. The number of ether oxygens (including phenoxy) is 1. The van der Waals surface area contributed by atoms with Crippen LogP contribution >= 0.6 is 12.4 Å². The van der Waals surface area contributed by atoms with E-state index >= 15 is 0 Å². The maximum Gasteiger partial charge on any atom is 0.251 e. The third-order valence-corrected chi connectivity index (χ3v) is 4.96. The second kappa shape index (κ2) is 10.3. The topological polar surface area (TPSA) is 79.5 Å². The molecule has 3 rings (SSSR count). The molecular formula is C22H28ClN3O3. The zero-order valence-corrected chi connectivity index (χ0v) is 17.8. The average molecular weight is 418 g/mol. The Kier molecular flexibility index (Phi) is 8.05. The smallest absolute Gasteiger partial charge is 0.251 e. The van der Waals surface area contributed by atoms with Crippen LogP contribution in [-0.4, -0.2) is 25.0 Å². The fourth-order valence-electron chi connectivity index (χ4n) is 3.26. The van der Waals surface area contributed by atoms with Crippen molar-refractivity contribution in [2.24, 2.45) is 5.92 Å². The molecule has 6 nitrogen and oxygen atoms in total. The van der Waals surface area contributed by atoms with E-state index in [1.165, 1.54) is 11.1 Å². The lowest BCUT2D eigenvalue weighted by atomic mass is 10.0. The van der Waals surface area contributed by atoms with Crippen molar-refractivity contribution in [3.8, 4) is 5.75 Å². The first kappa shape index (κ1) is 22.7. The quantitative estimate of drug-likeness (QED) is 0.647. The summed E-state index contributed by atoms with van der Waals surface area (Å²) in [6.45, 7) is 6.03. The molecule has 1 aliphatic rings. The molecule has 0 aromatic heterocycles. The summed E-state index contributed by atoms with van der Waals surface area (Å²) in [5, 5.41) is 9.11. The highest BCUT2D eigenvalue weighted by atomic mass is 35.5. The van der Waals surface area contributed by atoms with E-state index in [1.807, 2.05) is 19.9 Å². The van der Waals surface area contributed by atoms with Gasteiger partial charge in [0, 0.05) is 25.2 Å². The maximum atomic E-state index is 12.7. The largest absolute Gasteiger partial charge is 0.497 e. The first-order valence-electron chi connectivity index (χ1n) is 9.52. The lowest BCUT2D eigenvalue weighted by molar-refractivity contribution is -0.124. The number of carbonyl (C=O) groups excluding carboxylic acids is 2. The zero-order valence-electron chi connectivity index (χ0n) is 17.0. The van der Waals surface area contributed by atoms with Gasteiger partial charge in [0.15, 0.2) is 0 Å². The number of hydrogen-bond donors (Lipinski definition) is 3. The molecule has 1 unspecified atom stereocenters. The first-order valence-corrected chi connectivity index (χ1v) is 9.52. The molecule has 0 aliphatic carbocycles. The standard InChI is InChI=1S/C22H27N3O3.ClH/c1-14(2)20(25-21(26)16-6-8-19(28-3)9-7-16)22(27)24-11-15-4-5-17-12-23-13-18(17)10-15;/h4-10,14,20,23H,11-13H2,1-3H3,(H,24,27)(H,25,26);1H. The minimum absolute atomic E-state index is 0.